The van der Waals surface area contributed by atoms with E-state index >= 15 is 0 Å². The van der Waals surface area contributed by atoms with Gasteiger partial charge in [0.05, 0.1) is 46.5 Å². The van der Waals surface area contributed by atoms with Crippen molar-refractivity contribution in [2.45, 2.75) is 41.2 Å². The van der Waals surface area contributed by atoms with Crippen molar-refractivity contribution in [2.24, 2.45) is 20.5 Å². The van der Waals surface area contributed by atoms with E-state index in [4.69, 9.17) is 41.3 Å². The highest BCUT2D eigenvalue weighted by Crippen LogP contribution is 2.45. The van der Waals surface area contributed by atoms with Crippen LogP contribution in [-0.2, 0) is 11.4 Å². The Labute approximate surface area is 400 Å². The molecule has 340 valence electrons. The largest absolute Gasteiger partial charge is 0.491 e. The van der Waals surface area contributed by atoms with E-state index in [-0.39, 0.29) is 24.9 Å². The SMILES string of the molecule is CCOc1c(CON(CC)c2cccc(C)c2)cc2ccccc2c1N=Nc1ccc2c(c1)C(=O)c1cc(N=Nc3c(OCC)c(C(=O)N(CC)c4ccccc4Cl)cc4ccccc34)ccc1-2. The fourth-order valence-electron chi connectivity index (χ4n) is 8.65. The summed E-state index contributed by atoms with van der Waals surface area (Å²) in [6.07, 6.45) is 0. The Morgan fingerprint density at radius 2 is 1.18 bits per heavy atom. The van der Waals surface area contributed by atoms with Crippen LogP contribution in [0.1, 0.15) is 65.1 Å². The van der Waals surface area contributed by atoms with E-state index in [1.807, 2.05) is 142 Å². The molecule has 0 heterocycles. The zero-order valence-electron chi connectivity index (χ0n) is 38.5. The molecule has 0 saturated heterocycles. The molecule has 0 spiro atoms. The van der Waals surface area contributed by atoms with Crippen LogP contribution in [0, 0.1) is 6.92 Å². The molecule has 0 atom stereocenters. The molecule has 0 unspecified atom stereocenters. The molecule has 0 radical (unpaired) electrons. The number of carbonyl (C=O) groups excluding carboxylic acids is 2. The number of ketones is 1. The lowest BCUT2D eigenvalue weighted by atomic mass is 10.0. The fraction of sp³-hybridized carbons (Fsp3) is 0.179. The number of halogens is 1. The van der Waals surface area contributed by atoms with Gasteiger partial charge in [0.25, 0.3) is 5.91 Å². The maximum absolute atomic E-state index is 14.4. The number of rotatable bonds is 16. The van der Waals surface area contributed by atoms with E-state index in [0.29, 0.717) is 81.3 Å². The number of benzene rings is 8. The van der Waals surface area contributed by atoms with Crippen molar-refractivity contribution < 1.29 is 23.9 Å². The highest BCUT2D eigenvalue weighted by molar-refractivity contribution is 6.34. The molecule has 0 aliphatic heterocycles. The van der Waals surface area contributed by atoms with E-state index < -0.39 is 0 Å². The molecule has 68 heavy (non-hydrogen) atoms. The standard InChI is InChI=1S/C56H49ClN6O5/c1-6-62(50-24-15-14-23-49(50)57)56(65)48-31-37-19-11-13-22-43(37)52(55(48)67-9-4)61-59-40-26-28-45-44-27-25-39(32-46(44)53(64)47(45)33-40)58-60-51-42-21-12-10-18-36(42)30-38(54(51)66-8-3)34-68-63(7-2)41-20-16-17-35(5)29-41/h10-33H,6-9,34H2,1-5H3. The summed E-state index contributed by atoms with van der Waals surface area (Å²) in [7, 11) is 0. The second-order valence-corrected chi connectivity index (χ2v) is 16.5. The first-order chi connectivity index (χ1) is 33.2. The van der Waals surface area contributed by atoms with E-state index in [9.17, 15) is 9.59 Å². The molecular formula is C56H49ClN6O5. The first kappa shape index (κ1) is 45.4. The van der Waals surface area contributed by atoms with Crippen LogP contribution < -0.4 is 19.4 Å². The molecule has 1 aliphatic carbocycles. The average molecular weight is 921 g/mol. The molecule has 1 amide bonds. The van der Waals surface area contributed by atoms with Crippen molar-refractivity contribution in [1.82, 2.24) is 0 Å². The molecule has 12 heteroatoms. The number of azo groups is 2. The minimum Gasteiger partial charge on any atom is -0.491 e. The molecule has 11 nitrogen and oxygen atoms in total. The maximum Gasteiger partial charge on any atom is 0.262 e. The highest BCUT2D eigenvalue weighted by Gasteiger charge is 2.29. The third-order valence-corrected chi connectivity index (χ3v) is 12.1. The van der Waals surface area contributed by atoms with Crippen LogP contribution in [0.25, 0.3) is 32.7 Å². The molecule has 1 aliphatic rings. The Balaban J connectivity index is 1.01. The Kier molecular flexibility index (Phi) is 13.4. The lowest BCUT2D eigenvalue weighted by molar-refractivity contribution is 0.0953. The molecule has 8 aromatic rings. The smallest absolute Gasteiger partial charge is 0.262 e. The van der Waals surface area contributed by atoms with Gasteiger partial charge in [0.1, 0.15) is 18.0 Å². The van der Waals surface area contributed by atoms with Crippen molar-refractivity contribution in [1.29, 1.82) is 0 Å². The van der Waals surface area contributed by atoms with Crippen LogP contribution in [0.5, 0.6) is 11.5 Å². The number of fused-ring (bicyclic) bond motifs is 5. The van der Waals surface area contributed by atoms with Gasteiger partial charge in [-0.3, -0.25) is 19.5 Å². The number of para-hydroxylation sites is 1. The van der Waals surface area contributed by atoms with E-state index in [2.05, 4.69) is 30.2 Å². The number of hydroxylamine groups is 1. The summed E-state index contributed by atoms with van der Waals surface area (Å²) < 4.78 is 12.5. The van der Waals surface area contributed by atoms with Gasteiger partial charge >= 0.3 is 0 Å². The van der Waals surface area contributed by atoms with Gasteiger partial charge < -0.3 is 14.4 Å². The number of hydrogen-bond acceptors (Lipinski definition) is 10. The lowest BCUT2D eigenvalue weighted by Gasteiger charge is -2.24. The molecule has 8 aromatic carbocycles. The van der Waals surface area contributed by atoms with Crippen molar-refractivity contribution in [3.63, 3.8) is 0 Å². The minimum atomic E-state index is -0.287. The zero-order valence-corrected chi connectivity index (χ0v) is 39.3. The summed E-state index contributed by atoms with van der Waals surface area (Å²) in [4.78, 5) is 36.6. The van der Waals surface area contributed by atoms with Crippen LogP contribution in [0.3, 0.4) is 0 Å². The van der Waals surface area contributed by atoms with E-state index in [1.54, 1.807) is 23.1 Å². The van der Waals surface area contributed by atoms with Crippen molar-refractivity contribution in [3.8, 4) is 22.6 Å². The molecular weight excluding hydrogens is 872 g/mol. The van der Waals surface area contributed by atoms with Gasteiger partial charge in [0.15, 0.2) is 17.3 Å². The van der Waals surface area contributed by atoms with Crippen LogP contribution in [-0.4, -0.2) is 38.0 Å². The summed E-state index contributed by atoms with van der Waals surface area (Å²) in [5.74, 6) is 0.441. The average Bonchev–Trinajstić information content (AvgIpc) is 3.63. The normalized spacial score (nSPS) is 12.0. The highest BCUT2D eigenvalue weighted by atomic mass is 35.5. The van der Waals surface area contributed by atoms with Gasteiger partial charge in [0.2, 0.25) is 0 Å². The predicted octanol–water partition coefficient (Wildman–Crippen LogP) is 15.4. The number of carbonyl (C=O) groups is 2. The Morgan fingerprint density at radius 1 is 0.588 bits per heavy atom. The van der Waals surface area contributed by atoms with Gasteiger partial charge in [-0.1, -0.05) is 96.5 Å². The van der Waals surface area contributed by atoms with Crippen molar-refractivity contribution in [2.75, 3.05) is 36.3 Å². The molecule has 0 N–H and O–H groups in total. The Bertz CT molecular complexity index is 3300. The van der Waals surface area contributed by atoms with Crippen molar-refractivity contribution in [3.05, 3.63) is 178 Å². The first-order valence-corrected chi connectivity index (χ1v) is 23.1. The first-order valence-electron chi connectivity index (χ1n) is 22.8. The van der Waals surface area contributed by atoms with Gasteiger partial charge in [-0.15, -0.1) is 10.2 Å². The lowest BCUT2D eigenvalue weighted by Crippen LogP contribution is -2.31. The number of nitrogens with zero attached hydrogens (tertiary/aromatic N) is 6. The number of amides is 1. The van der Waals surface area contributed by atoms with Crippen LogP contribution >= 0.6 is 11.6 Å². The summed E-state index contributed by atoms with van der Waals surface area (Å²) in [5.41, 5.74) is 8.38. The number of hydrogen-bond donors (Lipinski definition) is 0. The molecule has 9 rings (SSSR count). The van der Waals surface area contributed by atoms with Gasteiger partial charge in [-0.25, -0.2) is 0 Å². The summed E-state index contributed by atoms with van der Waals surface area (Å²) >= 11 is 6.57. The quantitative estimate of drug-likeness (QED) is 0.0703. The zero-order chi connectivity index (χ0) is 47.3. The number of aryl methyl sites for hydroxylation is 1. The molecule has 0 bridgehead atoms. The van der Waals surface area contributed by atoms with Gasteiger partial charge in [-0.05, 0) is 123 Å². The van der Waals surface area contributed by atoms with Crippen LogP contribution in [0.15, 0.2) is 166 Å². The fourth-order valence-corrected chi connectivity index (χ4v) is 8.89. The van der Waals surface area contributed by atoms with Gasteiger partial charge in [0, 0.05) is 40.6 Å². The van der Waals surface area contributed by atoms with E-state index in [0.717, 1.165) is 49.5 Å². The van der Waals surface area contributed by atoms with E-state index in [1.165, 1.54) is 0 Å². The third kappa shape index (κ3) is 8.93. The monoisotopic (exact) mass is 920 g/mol. The van der Waals surface area contributed by atoms with Crippen LogP contribution in [0.2, 0.25) is 5.02 Å². The summed E-state index contributed by atoms with van der Waals surface area (Å²) in [6, 6.07) is 45.9. The number of ether oxygens (including phenoxy) is 2. The molecule has 0 saturated carbocycles. The third-order valence-electron chi connectivity index (χ3n) is 11.8. The molecule has 0 fully saturated rings. The second-order valence-electron chi connectivity index (χ2n) is 16.1. The summed E-state index contributed by atoms with van der Waals surface area (Å²) in [5, 5.41) is 24.6. The Hall–Kier alpha value is -7.73. The minimum absolute atomic E-state index is 0.162. The van der Waals surface area contributed by atoms with Crippen LogP contribution in [0.4, 0.5) is 34.1 Å². The van der Waals surface area contributed by atoms with Crippen molar-refractivity contribution >= 4 is 79.0 Å². The summed E-state index contributed by atoms with van der Waals surface area (Å²) in [6.45, 7) is 11.8. The predicted molar refractivity (Wildman–Crippen MR) is 272 cm³/mol. The second kappa shape index (κ2) is 20.0. The molecule has 0 aromatic heterocycles. The topological polar surface area (TPSA) is 118 Å². The number of anilines is 2. The maximum atomic E-state index is 14.4. The van der Waals surface area contributed by atoms with Gasteiger partial charge in [-0.2, -0.15) is 10.2 Å². The Morgan fingerprint density at radius 3 is 1.78 bits per heavy atom.